The topological polar surface area (TPSA) is 111 Å². The van der Waals surface area contributed by atoms with Crippen LogP contribution in [0.5, 0.6) is 5.75 Å². The second kappa shape index (κ2) is 8.32. The fourth-order valence-electron chi connectivity index (χ4n) is 5.30. The molecule has 1 saturated heterocycles. The summed E-state index contributed by atoms with van der Waals surface area (Å²) >= 11 is 0. The Bertz CT molecular complexity index is 1230. The predicted octanol–water partition coefficient (Wildman–Crippen LogP) is 2.43. The van der Waals surface area contributed by atoms with Gasteiger partial charge in [0.25, 0.3) is 5.91 Å². The number of benzene rings is 1. The Labute approximate surface area is 197 Å². The zero-order valence-corrected chi connectivity index (χ0v) is 19.5. The number of pyridine rings is 1. The molecule has 3 amide bonds. The minimum absolute atomic E-state index is 0.0361. The molecule has 3 N–H and O–H groups in total. The average Bonchev–Trinajstić information content (AvgIpc) is 3.20. The highest BCUT2D eigenvalue weighted by Gasteiger charge is 2.55. The Hall–Kier alpha value is -3.59. The summed E-state index contributed by atoms with van der Waals surface area (Å²) < 4.78 is 5.40. The number of aromatic nitrogens is 2. The first-order valence-corrected chi connectivity index (χ1v) is 11.4. The lowest BCUT2D eigenvalue weighted by Crippen LogP contribution is -2.69. The van der Waals surface area contributed by atoms with Crippen molar-refractivity contribution in [3.63, 3.8) is 0 Å². The third kappa shape index (κ3) is 3.47. The van der Waals surface area contributed by atoms with Gasteiger partial charge in [0.2, 0.25) is 0 Å². The van der Waals surface area contributed by atoms with Crippen LogP contribution >= 0.6 is 0 Å². The first kappa shape index (κ1) is 22.2. The van der Waals surface area contributed by atoms with E-state index in [2.05, 4.69) is 15.3 Å². The fraction of sp³-hybridized carbons (Fsp3) is 0.400. The number of nitrogens with zero attached hydrogens (tertiary/aromatic N) is 3. The molecule has 0 radical (unpaired) electrons. The van der Waals surface area contributed by atoms with Crippen molar-refractivity contribution < 1.29 is 19.4 Å². The molecule has 0 bridgehead atoms. The van der Waals surface area contributed by atoms with Gasteiger partial charge in [-0.05, 0) is 43.7 Å². The minimum Gasteiger partial charge on any atom is -0.497 e. The van der Waals surface area contributed by atoms with Crippen LogP contribution in [0.2, 0.25) is 0 Å². The highest BCUT2D eigenvalue weighted by atomic mass is 16.5. The summed E-state index contributed by atoms with van der Waals surface area (Å²) in [5.74, 6) is 0.522. The van der Waals surface area contributed by atoms with E-state index in [1.54, 1.807) is 35.2 Å². The smallest absolute Gasteiger partial charge is 0.317 e. The van der Waals surface area contributed by atoms with Gasteiger partial charge < -0.3 is 29.9 Å². The summed E-state index contributed by atoms with van der Waals surface area (Å²) in [7, 11) is 1.62. The highest BCUT2D eigenvalue weighted by molar-refractivity contribution is 5.96. The monoisotopic (exact) mass is 463 g/mol. The zero-order chi connectivity index (χ0) is 24.0. The number of aliphatic hydroxyl groups excluding tert-OH is 1. The molecular formula is C25H29N5O4. The van der Waals surface area contributed by atoms with Crippen molar-refractivity contribution in [1.29, 1.82) is 0 Å². The Morgan fingerprint density at radius 1 is 1.29 bits per heavy atom. The van der Waals surface area contributed by atoms with Gasteiger partial charge in [0, 0.05) is 60.7 Å². The second-order valence-electron chi connectivity index (χ2n) is 9.44. The summed E-state index contributed by atoms with van der Waals surface area (Å²) in [5, 5.41) is 14.4. The van der Waals surface area contributed by atoms with Gasteiger partial charge in [-0.25, -0.2) is 4.79 Å². The lowest BCUT2D eigenvalue weighted by Gasteiger charge is -2.56. The summed E-state index contributed by atoms with van der Waals surface area (Å²) in [4.78, 5) is 37.2. The van der Waals surface area contributed by atoms with Crippen LogP contribution < -0.4 is 10.1 Å². The Kier molecular flexibility index (Phi) is 5.44. The molecule has 0 saturated carbocycles. The number of amides is 3. The van der Waals surface area contributed by atoms with Crippen molar-refractivity contribution in [3.8, 4) is 5.75 Å². The van der Waals surface area contributed by atoms with Gasteiger partial charge >= 0.3 is 6.03 Å². The van der Waals surface area contributed by atoms with Crippen LogP contribution in [-0.4, -0.2) is 76.2 Å². The molecule has 2 aliphatic heterocycles. The van der Waals surface area contributed by atoms with Crippen molar-refractivity contribution in [2.75, 3.05) is 33.4 Å². The number of carbonyl (C=O) groups is 2. The number of nitrogens with one attached hydrogen (secondary N) is 2. The molecule has 9 heteroatoms. The molecular weight excluding hydrogens is 434 g/mol. The van der Waals surface area contributed by atoms with E-state index >= 15 is 0 Å². The van der Waals surface area contributed by atoms with E-state index in [0.717, 1.165) is 27.9 Å². The molecule has 0 unspecified atom stereocenters. The highest BCUT2D eigenvalue weighted by Crippen LogP contribution is 2.48. The summed E-state index contributed by atoms with van der Waals surface area (Å²) in [5.41, 5.74) is 2.76. The molecule has 0 aliphatic carbocycles. The van der Waals surface area contributed by atoms with Crippen LogP contribution in [0, 0.1) is 0 Å². The quantitative estimate of drug-likeness (QED) is 0.550. The maximum absolute atomic E-state index is 13.5. The lowest BCUT2D eigenvalue weighted by molar-refractivity contribution is 0.0137. The SMILES string of the molecule is COc1ccc2c3c([nH]c2c1)[C@H](CO)N(C(=O)c1cccnc1)CC31CN(C(=O)NC(C)C)C1. The van der Waals surface area contributed by atoms with E-state index < -0.39 is 11.5 Å². The number of urea groups is 1. The fourth-order valence-corrected chi connectivity index (χ4v) is 5.30. The number of hydrogen-bond donors (Lipinski definition) is 3. The van der Waals surface area contributed by atoms with Crippen LogP contribution in [0.15, 0.2) is 42.7 Å². The van der Waals surface area contributed by atoms with Crippen molar-refractivity contribution in [2.24, 2.45) is 0 Å². The molecule has 1 fully saturated rings. The van der Waals surface area contributed by atoms with Crippen molar-refractivity contribution in [2.45, 2.75) is 31.3 Å². The molecule has 4 heterocycles. The van der Waals surface area contributed by atoms with Crippen LogP contribution in [0.4, 0.5) is 4.79 Å². The van der Waals surface area contributed by atoms with Gasteiger partial charge in [-0.2, -0.15) is 0 Å². The van der Waals surface area contributed by atoms with E-state index in [1.165, 1.54) is 6.20 Å². The summed E-state index contributed by atoms with van der Waals surface area (Å²) in [6.07, 6.45) is 3.16. The number of rotatable bonds is 4. The Morgan fingerprint density at radius 3 is 2.74 bits per heavy atom. The Balaban J connectivity index is 1.60. The van der Waals surface area contributed by atoms with E-state index in [-0.39, 0.29) is 24.6 Å². The minimum atomic E-state index is -0.537. The maximum atomic E-state index is 13.5. The molecule has 3 aromatic rings. The molecule has 34 heavy (non-hydrogen) atoms. The van der Waals surface area contributed by atoms with Crippen LogP contribution in [0.3, 0.4) is 0 Å². The number of hydrogen-bond acceptors (Lipinski definition) is 5. The number of carbonyl (C=O) groups excluding carboxylic acids is 2. The molecule has 2 aliphatic rings. The van der Waals surface area contributed by atoms with Gasteiger partial charge in [0.1, 0.15) is 5.75 Å². The first-order chi connectivity index (χ1) is 16.4. The molecule has 178 valence electrons. The number of methoxy groups -OCH3 is 1. The van der Waals surface area contributed by atoms with Gasteiger partial charge in [-0.15, -0.1) is 0 Å². The molecule has 1 atom stereocenters. The van der Waals surface area contributed by atoms with Gasteiger partial charge in [-0.3, -0.25) is 9.78 Å². The molecule has 9 nitrogen and oxygen atoms in total. The molecule has 2 aromatic heterocycles. The maximum Gasteiger partial charge on any atom is 0.317 e. The van der Waals surface area contributed by atoms with Crippen LogP contribution in [0.1, 0.15) is 41.5 Å². The number of likely N-dealkylation sites (tertiary alicyclic amines) is 1. The molecule has 1 spiro atoms. The number of H-pyrrole nitrogens is 1. The van der Waals surface area contributed by atoms with Crippen molar-refractivity contribution in [3.05, 3.63) is 59.5 Å². The molecule has 5 rings (SSSR count). The van der Waals surface area contributed by atoms with E-state index in [0.29, 0.717) is 25.2 Å². The van der Waals surface area contributed by atoms with Crippen molar-refractivity contribution >= 4 is 22.8 Å². The lowest BCUT2D eigenvalue weighted by atomic mass is 9.68. The summed E-state index contributed by atoms with van der Waals surface area (Å²) in [6.45, 7) is 4.98. The van der Waals surface area contributed by atoms with E-state index in [4.69, 9.17) is 4.74 Å². The van der Waals surface area contributed by atoms with Crippen LogP contribution in [0.25, 0.3) is 10.9 Å². The van der Waals surface area contributed by atoms with Gasteiger partial charge in [0.15, 0.2) is 0 Å². The van der Waals surface area contributed by atoms with Crippen molar-refractivity contribution in [1.82, 2.24) is 25.1 Å². The zero-order valence-electron chi connectivity index (χ0n) is 19.5. The average molecular weight is 464 g/mol. The van der Waals surface area contributed by atoms with Gasteiger partial charge in [0.05, 0.1) is 30.7 Å². The standard InChI is InChI=1S/C25H29N5O4/c1-15(2)27-24(33)29-12-25(13-29)14-30(23(32)16-5-4-8-26-10-16)20(11-31)22-21(25)18-7-6-17(34-3)9-19(18)28-22/h4-10,15,20,28,31H,11-14H2,1-3H3,(H,27,33)/t20-/m0/s1. The third-order valence-corrected chi connectivity index (χ3v) is 6.78. The van der Waals surface area contributed by atoms with Crippen LogP contribution in [-0.2, 0) is 5.41 Å². The number of aromatic amines is 1. The Morgan fingerprint density at radius 2 is 2.09 bits per heavy atom. The third-order valence-electron chi connectivity index (χ3n) is 6.78. The number of fused-ring (bicyclic) bond motifs is 4. The molecule has 1 aromatic carbocycles. The van der Waals surface area contributed by atoms with Gasteiger partial charge in [-0.1, -0.05) is 0 Å². The van der Waals surface area contributed by atoms with E-state index in [9.17, 15) is 14.7 Å². The number of ether oxygens (including phenoxy) is 1. The predicted molar refractivity (Wildman–Crippen MR) is 127 cm³/mol. The number of aliphatic hydroxyl groups is 1. The second-order valence-corrected chi connectivity index (χ2v) is 9.44. The summed E-state index contributed by atoms with van der Waals surface area (Å²) in [6, 6.07) is 8.68. The van der Waals surface area contributed by atoms with E-state index in [1.807, 2.05) is 32.0 Å². The first-order valence-electron chi connectivity index (χ1n) is 11.4. The largest absolute Gasteiger partial charge is 0.497 e. The normalized spacial score (nSPS) is 18.7.